The van der Waals surface area contributed by atoms with E-state index in [-0.39, 0.29) is 6.04 Å². The van der Waals surface area contributed by atoms with Crippen LogP contribution in [0.3, 0.4) is 0 Å². The third-order valence-electron chi connectivity index (χ3n) is 2.60. The molecule has 2 heterocycles. The Balaban J connectivity index is 2.20. The Morgan fingerprint density at radius 3 is 2.95 bits per heavy atom. The molecule has 2 aromatic heterocycles. The topological polar surface area (TPSA) is 88.6 Å². The van der Waals surface area contributed by atoms with E-state index in [4.69, 9.17) is 10.00 Å². The molecule has 1 N–H and O–H groups in total. The number of hydrogen-bond acceptors (Lipinski definition) is 6. The lowest BCUT2D eigenvalue weighted by Crippen LogP contribution is -2.10. The molecule has 0 fully saturated rings. The minimum Gasteiger partial charge on any atom is -0.493 e. The van der Waals surface area contributed by atoms with Gasteiger partial charge in [-0.3, -0.25) is 4.68 Å². The fraction of sp³-hybridized carbons (Fsp3) is 0.333. The fourth-order valence-corrected chi connectivity index (χ4v) is 1.73. The maximum absolute atomic E-state index is 8.79. The average molecular weight is 258 g/mol. The standard InChI is InChI=1S/C12H14N6O/c1-8(12-10(19-3)6-18(2)17-12)16-11-4-9(5-13)14-7-15-11/h4,6-8H,1-3H3,(H,14,15,16). The van der Waals surface area contributed by atoms with Crippen molar-refractivity contribution in [1.29, 1.82) is 5.26 Å². The quantitative estimate of drug-likeness (QED) is 0.888. The zero-order valence-electron chi connectivity index (χ0n) is 11.0. The summed E-state index contributed by atoms with van der Waals surface area (Å²) in [5.41, 5.74) is 1.10. The van der Waals surface area contributed by atoms with E-state index < -0.39 is 0 Å². The second kappa shape index (κ2) is 5.35. The van der Waals surface area contributed by atoms with E-state index in [1.807, 2.05) is 20.0 Å². The van der Waals surface area contributed by atoms with Gasteiger partial charge in [-0.2, -0.15) is 10.4 Å². The highest BCUT2D eigenvalue weighted by Crippen LogP contribution is 2.25. The second-order valence-corrected chi connectivity index (χ2v) is 4.02. The van der Waals surface area contributed by atoms with Crippen LogP contribution in [0.1, 0.15) is 24.4 Å². The van der Waals surface area contributed by atoms with Gasteiger partial charge < -0.3 is 10.1 Å². The Labute approximate surface area is 110 Å². The van der Waals surface area contributed by atoms with E-state index in [1.54, 1.807) is 24.1 Å². The van der Waals surface area contributed by atoms with Crippen LogP contribution in [-0.4, -0.2) is 26.9 Å². The minimum atomic E-state index is -0.0995. The van der Waals surface area contributed by atoms with Gasteiger partial charge in [0.05, 0.1) is 19.3 Å². The van der Waals surface area contributed by atoms with E-state index in [2.05, 4.69) is 20.4 Å². The number of nitrogens with one attached hydrogen (secondary N) is 1. The molecule has 0 aliphatic heterocycles. The number of hydrogen-bond donors (Lipinski definition) is 1. The molecule has 0 saturated heterocycles. The molecule has 0 aromatic carbocycles. The Hall–Kier alpha value is -2.62. The highest BCUT2D eigenvalue weighted by atomic mass is 16.5. The van der Waals surface area contributed by atoms with Crippen molar-refractivity contribution >= 4 is 5.82 Å². The van der Waals surface area contributed by atoms with Crippen molar-refractivity contribution in [3.63, 3.8) is 0 Å². The van der Waals surface area contributed by atoms with Gasteiger partial charge in [0.25, 0.3) is 0 Å². The molecular weight excluding hydrogens is 244 g/mol. The zero-order chi connectivity index (χ0) is 13.8. The lowest BCUT2D eigenvalue weighted by molar-refractivity contribution is 0.407. The van der Waals surface area contributed by atoms with Gasteiger partial charge >= 0.3 is 0 Å². The average Bonchev–Trinajstić information content (AvgIpc) is 2.80. The molecular formula is C12H14N6O. The summed E-state index contributed by atoms with van der Waals surface area (Å²) in [6.45, 7) is 1.94. The first-order valence-electron chi connectivity index (χ1n) is 5.70. The summed E-state index contributed by atoms with van der Waals surface area (Å²) in [6, 6.07) is 3.46. The van der Waals surface area contributed by atoms with Crippen molar-refractivity contribution in [2.45, 2.75) is 13.0 Å². The first-order valence-corrected chi connectivity index (χ1v) is 5.70. The van der Waals surface area contributed by atoms with Crippen LogP contribution in [0.25, 0.3) is 0 Å². The molecule has 0 spiro atoms. The summed E-state index contributed by atoms with van der Waals surface area (Å²) < 4.78 is 6.95. The summed E-state index contributed by atoms with van der Waals surface area (Å²) in [5.74, 6) is 1.28. The highest BCUT2D eigenvalue weighted by molar-refractivity contribution is 5.42. The number of nitriles is 1. The van der Waals surface area contributed by atoms with Gasteiger partial charge in [-0.1, -0.05) is 0 Å². The predicted octanol–water partition coefficient (Wildman–Crippen LogP) is 1.26. The van der Waals surface area contributed by atoms with Crippen molar-refractivity contribution < 1.29 is 4.74 Å². The van der Waals surface area contributed by atoms with Gasteiger partial charge in [-0.25, -0.2) is 9.97 Å². The Bertz CT molecular complexity index is 615. The van der Waals surface area contributed by atoms with Crippen molar-refractivity contribution in [2.75, 3.05) is 12.4 Å². The molecule has 7 heteroatoms. The molecule has 2 rings (SSSR count). The summed E-state index contributed by atoms with van der Waals surface area (Å²) in [7, 11) is 3.43. The number of ether oxygens (including phenoxy) is 1. The van der Waals surface area contributed by atoms with Crippen molar-refractivity contribution in [3.05, 3.63) is 30.0 Å². The SMILES string of the molecule is COc1cn(C)nc1C(C)Nc1cc(C#N)ncn1. The molecule has 0 radical (unpaired) electrons. The molecule has 2 aromatic rings. The number of aromatic nitrogens is 4. The third kappa shape index (κ3) is 2.80. The molecule has 1 atom stereocenters. The van der Waals surface area contributed by atoms with E-state index in [0.29, 0.717) is 17.3 Å². The van der Waals surface area contributed by atoms with Crippen LogP contribution < -0.4 is 10.1 Å². The van der Waals surface area contributed by atoms with E-state index in [1.165, 1.54) is 6.33 Å². The molecule has 0 aliphatic carbocycles. The largest absolute Gasteiger partial charge is 0.493 e. The van der Waals surface area contributed by atoms with Crippen molar-refractivity contribution in [2.24, 2.45) is 7.05 Å². The maximum Gasteiger partial charge on any atom is 0.162 e. The summed E-state index contributed by atoms with van der Waals surface area (Å²) in [4.78, 5) is 7.89. The smallest absolute Gasteiger partial charge is 0.162 e. The lowest BCUT2D eigenvalue weighted by Gasteiger charge is -2.13. The van der Waals surface area contributed by atoms with Crippen LogP contribution in [0.2, 0.25) is 0 Å². The van der Waals surface area contributed by atoms with E-state index in [9.17, 15) is 0 Å². The first kappa shape index (κ1) is 12.8. The predicted molar refractivity (Wildman–Crippen MR) is 68.5 cm³/mol. The van der Waals surface area contributed by atoms with Gasteiger partial charge in [-0.15, -0.1) is 0 Å². The van der Waals surface area contributed by atoms with Crippen LogP contribution in [-0.2, 0) is 7.05 Å². The molecule has 7 nitrogen and oxygen atoms in total. The Morgan fingerprint density at radius 2 is 2.26 bits per heavy atom. The number of methoxy groups -OCH3 is 1. The normalized spacial score (nSPS) is 11.7. The lowest BCUT2D eigenvalue weighted by atomic mass is 10.2. The molecule has 0 aliphatic rings. The van der Waals surface area contributed by atoms with Gasteiger partial charge in [0.2, 0.25) is 0 Å². The van der Waals surface area contributed by atoms with Crippen LogP contribution in [0.4, 0.5) is 5.82 Å². The molecule has 0 bridgehead atoms. The second-order valence-electron chi connectivity index (χ2n) is 4.02. The minimum absolute atomic E-state index is 0.0995. The van der Waals surface area contributed by atoms with Crippen molar-refractivity contribution in [1.82, 2.24) is 19.7 Å². The van der Waals surface area contributed by atoms with Crippen LogP contribution in [0.5, 0.6) is 5.75 Å². The molecule has 19 heavy (non-hydrogen) atoms. The molecule has 98 valence electrons. The van der Waals surface area contributed by atoms with Crippen LogP contribution in [0, 0.1) is 11.3 Å². The maximum atomic E-state index is 8.79. The number of anilines is 1. The van der Waals surface area contributed by atoms with Crippen LogP contribution >= 0.6 is 0 Å². The summed E-state index contributed by atoms with van der Waals surface area (Å²) in [6.07, 6.45) is 3.15. The van der Waals surface area contributed by atoms with Gasteiger partial charge in [-0.05, 0) is 6.92 Å². The Kier molecular flexibility index (Phi) is 3.61. The van der Waals surface area contributed by atoms with Crippen molar-refractivity contribution in [3.8, 4) is 11.8 Å². The molecule has 0 amide bonds. The third-order valence-corrected chi connectivity index (χ3v) is 2.60. The van der Waals surface area contributed by atoms with E-state index >= 15 is 0 Å². The first-order chi connectivity index (χ1) is 9.13. The van der Waals surface area contributed by atoms with Gasteiger partial charge in [0.1, 0.15) is 29.6 Å². The zero-order valence-corrected chi connectivity index (χ0v) is 11.0. The van der Waals surface area contributed by atoms with Gasteiger partial charge in [0, 0.05) is 13.1 Å². The van der Waals surface area contributed by atoms with Crippen LogP contribution in [0.15, 0.2) is 18.6 Å². The number of rotatable bonds is 4. The number of nitrogens with zero attached hydrogens (tertiary/aromatic N) is 5. The monoisotopic (exact) mass is 258 g/mol. The van der Waals surface area contributed by atoms with Gasteiger partial charge in [0.15, 0.2) is 5.75 Å². The summed E-state index contributed by atoms with van der Waals surface area (Å²) >= 11 is 0. The fourth-order valence-electron chi connectivity index (χ4n) is 1.73. The summed E-state index contributed by atoms with van der Waals surface area (Å²) in [5, 5.41) is 16.3. The number of aryl methyl sites for hydroxylation is 1. The van der Waals surface area contributed by atoms with E-state index in [0.717, 1.165) is 5.69 Å². The molecule has 0 saturated carbocycles. The Morgan fingerprint density at radius 1 is 1.47 bits per heavy atom. The highest BCUT2D eigenvalue weighted by Gasteiger charge is 2.16. The molecule has 1 unspecified atom stereocenters.